The van der Waals surface area contributed by atoms with Crippen molar-refractivity contribution in [3.8, 4) is 0 Å². The molecule has 1 rings (SSSR count). The lowest BCUT2D eigenvalue weighted by Crippen LogP contribution is -2.10. The molecule has 0 bridgehead atoms. The van der Waals surface area contributed by atoms with E-state index >= 15 is 0 Å². The molecule has 0 saturated heterocycles. The van der Waals surface area contributed by atoms with E-state index in [-0.39, 0.29) is 0 Å². The highest BCUT2D eigenvalue weighted by Crippen LogP contribution is 2.11. The van der Waals surface area contributed by atoms with Gasteiger partial charge in [-0.25, -0.2) is 0 Å². The van der Waals surface area contributed by atoms with Crippen LogP contribution in [0.4, 0.5) is 0 Å². The predicted molar refractivity (Wildman–Crippen MR) is 53.5 cm³/mol. The van der Waals surface area contributed by atoms with Crippen molar-refractivity contribution in [2.45, 2.75) is 6.42 Å². The van der Waals surface area contributed by atoms with Gasteiger partial charge in [0.15, 0.2) is 0 Å². The van der Waals surface area contributed by atoms with E-state index in [1.807, 2.05) is 24.3 Å². The van der Waals surface area contributed by atoms with Gasteiger partial charge in [0.05, 0.1) is 0 Å². The maximum Gasteiger partial charge on any atom is 0.211 e. The first kappa shape index (κ1) is 9.81. The molecule has 0 radical (unpaired) electrons. The molecule has 0 aromatic heterocycles. The number of carbonyl (C=O) groups excluding carboxylic acids is 1. The van der Waals surface area contributed by atoms with E-state index in [1.54, 1.807) is 0 Å². The Bertz CT molecular complexity index is 305. The average Bonchev–Trinajstić information content (AvgIpc) is 2.09. The Hall–Kier alpha value is -1.28. The molecule has 1 amide bonds. The molecule has 1 N–H and O–H groups in total. The van der Waals surface area contributed by atoms with Gasteiger partial charge in [-0.3, -0.25) is 4.79 Å². The number of allylic oxidation sites excluding steroid dienone is 1. The van der Waals surface area contributed by atoms with Gasteiger partial charge in [-0.2, -0.15) is 0 Å². The van der Waals surface area contributed by atoms with Gasteiger partial charge in [-0.1, -0.05) is 30.3 Å². The summed E-state index contributed by atoms with van der Waals surface area (Å²) in [6, 6.07) is 7.43. The van der Waals surface area contributed by atoms with Crippen LogP contribution in [0.1, 0.15) is 5.56 Å². The molecule has 1 aromatic rings. The second-order valence-electron chi connectivity index (χ2n) is 2.67. The lowest BCUT2D eigenvalue weighted by molar-refractivity contribution is -0.108. The molecule has 0 unspecified atom stereocenters. The zero-order valence-electron chi connectivity index (χ0n) is 7.09. The first-order valence-corrected chi connectivity index (χ1v) is 4.22. The van der Waals surface area contributed by atoms with Crippen molar-refractivity contribution in [2.75, 3.05) is 0 Å². The van der Waals surface area contributed by atoms with Gasteiger partial charge in [-0.15, -0.1) is 0 Å². The van der Waals surface area contributed by atoms with Crippen molar-refractivity contribution >= 4 is 18.0 Å². The molecular formula is C10H10ClNO. The summed E-state index contributed by atoms with van der Waals surface area (Å²) in [5.41, 5.74) is 1.75. The van der Waals surface area contributed by atoms with E-state index in [9.17, 15) is 4.79 Å². The Labute approximate surface area is 82.2 Å². The van der Waals surface area contributed by atoms with Crippen LogP contribution in [0.2, 0.25) is 5.02 Å². The molecule has 1 aromatic carbocycles. The molecule has 68 valence electrons. The minimum Gasteiger partial charge on any atom is -0.333 e. The molecule has 2 nitrogen and oxygen atoms in total. The maximum atomic E-state index is 10.1. The molecule has 0 aliphatic rings. The highest BCUT2D eigenvalue weighted by Gasteiger charge is 1.95. The highest BCUT2D eigenvalue weighted by atomic mass is 35.5. The van der Waals surface area contributed by atoms with Crippen LogP contribution in [0.15, 0.2) is 36.5 Å². The van der Waals surface area contributed by atoms with Crippen molar-refractivity contribution in [1.29, 1.82) is 0 Å². The fourth-order valence-electron chi connectivity index (χ4n) is 0.983. The summed E-state index contributed by atoms with van der Waals surface area (Å²) in [7, 11) is 0. The number of hydrogen-bond donors (Lipinski definition) is 1. The quantitative estimate of drug-likeness (QED) is 0.733. The summed E-state index contributed by atoms with van der Waals surface area (Å²) in [4.78, 5) is 10.1. The molecule has 0 spiro atoms. The van der Waals surface area contributed by atoms with Gasteiger partial charge in [-0.05, 0) is 17.7 Å². The third-order valence-corrected chi connectivity index (χ3v) is 1.85. The predicted octanol–water partition coefficient (Wildman–Crippen LogP) is 2.14. The summed E-state index contributed by atoms with van der Waals surface area (Å²) in [6.07, 6.45) is 1.26. The molecule has 0 aliphatic heterocycles. The lowest BCUT2D eigenvalue weighted by atomic mass is 10.1. The monoisotopic (exact) mass is 195 g/mol. The SMILES string of the molecule is C=C(Cc1ccc(Cl)cc1)NC=O. The van der Waals surface area contributed by atoms with E-state index in [0.29, 0.717) is 23.6 Å². The third kappa shape index (κ3) is 3.30. The number of amides is 1. The van der Waals surface area contributed by atoms with Crippen molar-refractivity contribution in [3.63, 3.8) is 0 Å². The van der Waals surface area contributed by atoms with E-state index in [4.69, 9.17) is 11.6 Å². The normalized spacial score (nSPS) is 9.31. The smallest absolute Gasteiger partial charge is 0.211 e. The molecular weight excluding hydrogens is 186 g/mol. The third-order valence-electron chi connectivity index (χ3n) is 1.59. The molecule has 0 fully saturated rings. The lowest BCUT2D eigenvalue weighted by Gasteiger charge is -2.03. The number of nitrogens with one attached hydrogen (secondary N) is 1. The second kappa shape index (κ2) is 4.67. The van der Waals surface area contributed by atoms with Gasteiger partial charge in [0, 0.05) is 17.1 Å². The number of benzene rings is 1. The number of hydrogen-bond acceptors (Lipinski definition) is 1. The Morgan fingerprint density at radius 3 is 2.62 bits per heavy atom. The fourth-order valence-corrected chi connectivity index (χ4v) is 1.11. The molecule has 0 aliphatic carbocycles. The van der Waals surface area contributed by atoms with Crippen LogP contribution >= 0.6 is 11.6 Å². The van der Waals surface area contributed by atoms with Crippen molar-refractivity contribution in [3.05, 3.63) is 47.1 Å². The van der Waals surface area contributed by atoms with Crippen LogP contribution in [0, 0.1) is 0 Å². The summed E-state index contributed by atoms with van der Waals surface area (Å²) in [6.45, 7) is 3.69. The minimum absolute atomic E-state index is 0.623. The van der Waals surface area contributed by atoms with Gasteiger partial charge >= 0.3 is 0 Å². The first-order chi connectivity index (χ1) is 6.22. The van der Waals surface area contributed by atoms with Crippen molar-refractivity contribution < 1.29 is 4.79 Å². The Morgan fingerprint density at radius 2 is 2.08 bits per heavy atom. The molecule has 0 atom stereocenters. The number of halogens is 1. The molecule has 3 heteroatoms. The van der Waals surface area contributed by atoms with E-state index in [1.165, 1.54) is 0 Å². The summed E-state index contributed by atoms with van der Waals surface area (Å²) >= 11 is 5.72. The maximum absolute atomic E-state index is 10.1. The largest absolute Gasteiger partial charge is 0.333 e. The zero-order valence-corrected chi connectivity index (χ0v) is 7.84. The average molecular weight is 196 g/mol. The van der Waals surface area contributed by atoms with Crippen LogP contribution in [0.5, 0.6) is 0 Å². The zero-order chi connectivity index (χ0) is 9.68. The Kier molecular flexibility index (Phi) is 3.53. The second-order valence-corrected chi connectivity index (χ2v) is 3.11. The molecule has 0 saturated carbocycles. The summed E-state index contributed by atoms with van der Waals surface area (Å²) in [5.74, 6) is 0. The number of carbonyl (C=O) groups is 1. The van der Waals surface area contributed by atoms with E-state index < -0.39 is 0 Å². The molecule has 13 heavy (non-hydrogen) atoms. The molecule has 0 heterocycles. The summed E-state index contributed by atoms with van der Waals surface area (Å²) in [5, 5.41) is 3.21. The first-order valence-electron chi connectivity index (χ1n) is 3.85. The van der Waals surface area contributed by atoms with Crippen LogP contribution < -0.4 is 5.32 Å². The number of rotatable bonds is 4. The van der Waals surface area contributed by atoms with E-state index in [0.717, 1.165) is 5.56 Å². The van der Waals surface area contributed by atoms with Crippen LogP contribution in [-0.2, 0) is 11.2 Å². The van der Waals surface area contributed by atoms with Gasteiger partial charge < -0.3 is 5.32 Å². The van der Waals surface area contributed by atoms with Gasteiger partial charge in [0.2, 0.25) is 6.41 Å². The van der Waals surface area contributed by atoms with Crippen LogP contribution in [0.3, 0.4) is 0 Å². The standard InChI is InChI=1S/C10H10ClNO/c1-8(12-7-13)6-9-2-4-10(11)5-3-9/h2-5,7H,1,6H2,(H,12,13). The van der Waals surface area contributed by atoms with Gasteiger partial charge in [0.1, 0.15) is 0 Å². The van der Waals surface area contributed by atoms with Crippen LogP contribution in [-0.4, -0.2) is 6.41 Å². The fraction of sp³-hybridized carbons (Fsp3) is 0.100. The van der Waals surface area contributed by atoms with Crippen molar-refractivity contribution in [1.82, 2.24) is 5.32 Å². The topological polar surface area (TPSA) is 29.1 Å². The minimum atomic E-state index is 0.623. The Morgan fingerprint density at radius 1 is 1.46 bits per heavy atom. The summed E-state index contributed by atoms with van der Waals surface area (Å²) < 4.78 is 0. The van der Waals surface area contributed by atoms with E-state index in [2.05, 4.69) is 11.9 Å². The van der Waals surface area contributed by atoms with Crippen molar-refractivity contribution in [2.24, 2.45) is 0 Å². The van der Waals surface area contributed by atoms with Gasteiger partial charge in [0.25, 0.3) is 0 Å². The highest BCUT2D eigenvalue weighted by molar-refractivity contribution is 6.30. The van der Waals surface area contributed by atoms with Crippen LogP contribution in [0.25, 0.3) is 0 Å². The Balaban J connectivity index is 2.59.